The van der Waals surface area contributed by atoms with E-state index in [0.717, 1.165) is 17.8 Å². The molecule has 0 fully saturated rings. The van der Waals surface area contributed by atoms with Gasteiger partial charge in [0.25, 0.3) is 0 Å². The number of imidazole rings is 1. The summed E-state index contributed by atoms with van der Waals surface area (Å²) in [7, 11) is 1.96. The van der Waals surface area contributed by atoms with Gasteiger partial charge in [-0.15, -0.1) is 0 Å². The van der Waals surface area contributed by atoms with E-state index in [9.17, 15) is 5.11 Å². The number of rotatable bonds is 5. The molecule has 0 spiro atoms. The molecule has 0 aliphatic rings. The van der Waals surface area contributed by atoms with E-state index in [1.165, 1.54) is 0 Å². The van der Waals surface area contributed by atoms with Gasteiger partial charge in [0.1, 0.15) is 5.82 Å². The smallest absolute Gasteiger partial charge is 0.108 e. The van der Waals surface area contributed by atoms with Crippen LogP contribution in [0, 0.1) is 0 Å². The second-order valence-corrected chi connectivity index (χ2v) is 4.86. The number of aliphatic hydroxyl groups excluding tert-OH is 1. The molecule has 0 bridgehead atoms. The first kappa shape index (κ1) is 12.8. The monoisotopic (exact) mass is 248 g/mol. The van der Waals surface area contributed by atoms with Crippen molar-refractivity contribution in [2.75, 3.05) is 0 Å². The van der Waals surface area contributed by atoms with Crippen molar-refractivity contribution >= 4 is 0 Å². The highest BCUT2D eigenvalue weighted by Gasteiger charge is 2.12. The number of aryl methyl sites for hydroxylation is 2. The summed E-state index contributed by atoms with van der Waals surface area (Å²) in [5.41, 5.74) is 0.873. The van der Waals surface area contributed by atoms with E-state index >= 15 is 0 Å². The second-order valence-electron chi connectivity index (χ2n) is 4.86. The fourth-order valence-electron chi connectivity index (χ4n) is 1.88. The van der Waals surface area contributed by atoms with Gasteiger partial charge in [-0.05, 0) is 20.3 Å². The number of nitrogens with zero attached hydrogens (tertiary/aromatic N) is 4. The highest BCUT2D eigenvalue weighted by Crippen LogP contribution is 2.19. The van der Waals surface area contributed by atoms with Crippen LogP contribution in [-0.2, 0) is 13.5 Å². The van der Waals surface area contributed by atoms with Crippen LogP contribution in [0.5, 0.6) is 0 Å². The maximum Gasteiger partial charge on any atom is 0.108 e. The molecule has 0 aromatic carbocycles. The molecule has 5 heteroatoms. The van der Waals surface area contributed by atoms with Crippen LogP contribution >= 0.6 is 0 Å². The Labute approximate surface area is 107 Å². The molecule has 0 aliphatic carbocycles. The number of hydrogen-bond donors (Lipinski definition) is 1. The highest BCUT2D eigenvalue weighted by atomic mass is 16.3. The van der Waals surface area contributed by atoms with Crippen molar-refractivity contribution in [3.8, 4) is 0 Å². The van der Waals surface area contributed by atoms with Gasteiger partial charge >= 0.3 is 0 Å². The molecule has 0 saturated heterocycles. The lowest BCUT2D eigenvalue weighted by atomic mass is 10.1. The first-order valence-corrected chi connectivity index (χ1v) is 6.26. The Kier molecular flexibility index (Phi) is 3.81. The standard InChI is InChI=1S/C13H20N4O/c1-10(2)17-9-11(8-15-17)12(18)4-5-13-14-6-7-16(13)3/h6-10,12,18H,4-5H2,1-3H3. The van der Waals surface area contributed by atoms with Crippen molar-refractivity contribution < 1.29 is 5.11 Å². The Bertz CT molecular complexity index is 501. The van der Waals surface area contributed by atoms with Crippen LogP contribution in [0.1, 0.15) is 43.8 Å². The third kappa shape index (κ3) is 2.79. The first-order chi connectivity index (χ1) is 8.58. The lowest BCUT2D eigenvalue weighted by molar-refractivity contribution is 0.166. The lowest BCUT2D eigenvalue weighted by Crippen LogP contribution is -2.03. The zero-order valence-corrected chi connectivity index (χ0v) is 11.1. The highest BCUT2D eigenvalue weighted by molar-refractivity contribution is 5.08. The van der Waals surface area contributed by atoms with Gasteiger partial charge in [-0.2, -0.15) is 5.10 Å². The Balaban J connectivity index is 1.95. The summed E-state index contributed by atoms with van der Waals surface area (Å²) in [5.74, 6) is 0.991. The van der Waals surface area contributed by atoms with Crippen molar-refractivity contribution in [2.24, 2.45) is 7.05 Å². The van der Waals surface area contributed by atoms with Crippen LogP contribution in [0.2, 0.25) is 0 Å². The Morgan fingerprint density at radius 3 is 2.72 bits per heavy atom. The molecule has 1 atom stereocenters. The quantitative estimate of drug-likeness (QED) is 0.878. The van der Waals surface area contributed by atoms with E-state index in [4.69, 9.17) is 0 Å². The molecule has 98 valence electrons. The zero-order chi connectivity index (χ0) is 13.1. The molecule has 18 heavy (non-hydrogen) atoms. The molecule has 2 aromatic heterocycles. The summed E-state index contributed by atoms with van der Waals surface area (Å²) in [6.45, 7) is 4.13. The van der Waals surface area contributed by atoms with Gasteiger partial charge in [-0.25, -0.2) is 4.98 Å². The van der Waals surface area contributed by atoms with Gasteiger partial charge in [-0.3, -0.25) is 4.68 Å². The van der Waals surface area contributed by atoms with Gasteiger partial charge in [0.15, 0.2) is 0 Å². The first-order valence-electron chi connectivity index (χ1n) is 6.26. The topological polar surface area (TPSA) is 55.9 Å². The molecule has 0 aliphatic heterocycles. The predicted octanol–water partition coefficient (Wildman–Crippen LogP) is 1.86. The summed E-state index contributed by atoms with van der Waals surface area (Å²) in [6, 6.07) is 0.320. The molecule has 1 unspecified atom stereocenters. The molecule has 2 rings (SSSR count). The number of hydrogen-bond acceptors (Lipinski definition) is 3. The molecule has 1 N–H and O–H groups in total. The predicted molar refractivity (Wildman–Crippen MR) is 69.1 cm³/mol. The van der Waals surface area contributed by atoms with Gasteiger partial charge in [0, 0.05) is 43.7 Å². The van der Waals surface area contributed by atoms with Gasteiger partial charge in [-0.1, -0.05) is 0 Å². The van der Waals surface area contributed by atoms with Gasteiger partial charge < -0.3 is 9.67 Å². The fourth-order valence-corrected chi connectivity index (χ4v) is 1.88. The summed E-state index contributed by atoms with van der Waals surface area (Å²) in [4.78, 5) is 4.25. The average Bonchev–Trinajstić information content (AvgIpc) is 2.94. The van der Waals surface area contributed by atoms with Crippen LogP contribution in [0.25, 0.3) is 0 Å². The van der Waals surface area contributed by atoms with Gasteiger partial charge in [0.2, 0.25) is 0 Å². The molecular formula is C13H20N4O. The third-order valence-electron chi connectivity index (χ3n) is 3.10. The fraction of sp³-hybridized carbons (Fsp3) is 0.538. The molecule has 5 nitrogen and oxygen atoms in total. The average molecular weight is 248 g/mol. The number of aliphatic hydroxyl groups is 1. The minimum Gasteiger partial charge on any atom is -0.388 e. The van der Waals surface area contributed by atoms with Crippen molar-refractivity contribution in [2.45, 2.75) is 38.8 Å². The third-order valence-corrected chi connectivity index (χ3v) is 3.10. The van der Waals surface area contributed by atoms with E-state index in [-0.39, 0.29) is 0 Å². The van der Waals surface area contributed by atoms with Gasteiger partial charge in [0.05, 0.1) is 12.3 Å². The van der Waals surface area contributed by atoms with Crippen molar-refractivity contribution in [3.05, 3.63) is 36.2 Å². The number of aromatic nitrogens is 4. The summed E-state index contributed by atoms with van der Waals surface area (Å²) in [5, 5.41) is 14.4. The van der Waals surface area contributed by atoms with Crippen molar-refractivity contribution in [1.29, 1.82) is 0 Å². The molecule has 0 amide bonds. The summed E-state index contributed by atoms with van der Waals surface area (Å²) < 4.78 is 3.84. The van der Waals surface area contributed by atoms with E-state index in [0.29, 0.717) is 12.5 Å². The molecule has 0 radical (unpaired) electrons. The van der Waals surface area contributed by atoms with E-state index < -0.39 is 6.10 Å². The molecule has 2 heterocycles. The Morgan fingerprint density at radius 2 is 2.17 bits per heavy atom. The SMILES string of the molecule is CC(C)n1cc(C(O)CCc2nccn2C)cn1. The maximum absolute atomic E-state index is 10.1. The lowest BCUT2D eigenvalue weighted by Gasteiger charge is -2.08. The van der Waals surface area contributed by atoms with Crippen LogP contribution in [0.15, 0.2) is 24.8 Å². The minimum absolute atomic E-state index is 0.320. The Hall–Kier alpha value is -1.62. The summed E-state index contributed by atoms with van der Waals surface area (Å²) in [6.07, 6.45) is 8.29. The molecular weight excluding hydrogens is 228 g/mol. The van der Waals surface area contributed by atoms with Crippen LogP contribution in [-0.4, -0.2) is 24.4 Å². The van der Waals surface area contributed by atoms with Crippen LogP contribution in [0.3, 0.4) is 0 Å². The zero-order valence-electron chi connectivity index (χ0n) is 11.1. The minimum atomic E-state index is -0.478. The molecule has 2 aromatic rings. The van der Waals surface area contributed by atoms with Crippen molar-refractivity contribution in [3.63, 3.8) is 0 Å². The summed E-state index contributed by atoms with van der Waals surface area (Å²) >= 11 is 0. The largest absolute Gasteiger partial charge is 0.388 e. The Morgan fingerprint density at radius 1 is 1.39 bits per heavy atom. The van der Waals surface area contributed by atoms with E-state index in [1.54, 1.807) is 12.4 Å². The van der Waals surface area contributed by atoms with Crippen LogP contribution in [0.4, 0.5) is 0 Å². The maximum atomic E-state index is 10.1. The normalized spacial score (nSPS) is 13.2. The molecule has 0 saturated carbocycles. The van der Waals surface area contributed by atoms with Crippen LogP contribution < -0.4 is 0 Å². The van der Waals surface area contributed by atoms with E-state index in [1.807, 2.05) is 28.7 Å². The van der Waals surface area contributed by atoms with Crippen molar-refractivity contribution in [1.82, 2.24) is 19.3 Å². The second kappa shape index (κ2) is 5.35. The van der Waals surface area contributed by atoms with E-state index in [2.05, 4.69) is 23.9 Å².